The standard InChI is InChI=1S/C32H34Cl2N4O3S/c1-3-35-31(41)37-18-16-36(17-19-37)30(40)32(42-27-14-4-22(2)5-15-27)20-28(39)38(21-23-6-10-25(33)11-7-23)29(32)24-8-12-26(34)13-9-24/h4-15,29H,3,16-21H2,1-2H3,(H,35,41). The molecule has 10 heteroatoms. The number of rotatable bonds is 7. The average Bonchev–Trinajstić information content (AvgIpc) is 3.26. The summed E-state index contributed by atoms with van der Waals surface area (Å²) in [5, 5.41) is 4.04. The van der Waals surface area contributed by atoms with Gasteiger partial charge >= 0.3 is 6.03 Å². The van der Waals surface area contributed by atoms with E-state index in [-0.39, 0.29) is 24.3 Å². The minimum atomic E-state index is -1.14. The lowest BCUT2D eigenvalue weighted by Gasteiger charge is -2.42. The van der Waals surface area contributed by atoms with Crippen LogP contribution in [-0.4, -0.2) is 70.0 Å². The zero-order valence-corrected chi connectivity index (χ0v) is 26.0. The van der Waals surface area contributed by atoms with E-state index in [0.29, 0.717) is 49.3 Å². The summed E-state index contributed by atoms with van der Waals surface area (Å²) in [6, 6.07) is 22.2. The molecular formula is C32H34Cl2N4O3S. The van der Waals surface area contributed by atoms with E-state index in [4.69, 9.17) is 23.2 Å². The van der Waals surface area contributed by atoms with Crippen LogP contribution in [0.5, 0.6) is 0 Å². The maximum absolute atomic E-state index is 14.8. The van der Waals surface area contributed by atoms with Crippen LogP contribution in [0.15, 0.2) is 77.7 Å². The van der Waals surface area contributed by atoms with Crippen molar-refractivity contribution in [1.29, 1.82) is 0 Å². The lowest BCUT2D eigenvalue weighted by Crippen LogP contribution is -2.58. The number of nitrogens with zero attached hydrogens (tertiary/aromatic N) is 3. The molecule has 2 unspecified atom stereocenters. The fourth-order valence-electron chi connectivity index (χ4n) is 5.67. The second kappa shape index (κ2) is 13.0. The Morgan fingerprint density at radius 1 is 0.881 bits per heavy atom. The van der Waals surface area contributed by atoms with E-state index in [9.17, 15) is 14.4 Å². The number of aryl methyl sites for hydroxylation is 1. The van der Waals surface area contributed by atoms with Gasteiger partial charge in [0, 0.05) is 54.2 Å². The second-order valence-corrected chi connectivity index (χ2v) is 13.0. The first kappa shape index (κ1) is 30.3. The van der Waals surface area contributed by atoms with Crippen molar-refractivity contribution in [3.8, 4) is 0 Å². The van der Waals surface area contributed by atoms with Crippen LogP contribution in [0.3, 0.4) is 0 Å². The van der Waals surface area contributed by atoms with Crippen molar-refractivity contribution in [2.75, 3.05) is 32.7 Å². The van der Waals surface area contributed by atoms with Crippen molar-refractivity contribution >= 4 is 52.8 Å². The number of hydrogen-bond acceptors (Lipinski definition) is 4. The van der Waals surface area contributed by atoms with E-state index in [2.05, 4.69) is 5.32 Å². The molecule has 7 nitrogen and oxygen atoms in total. The number of thioether (sulfide) groups is 1. The van der Waals surface area contributed by atoms with Gasteiger partial charge in [0.05, 0.1) is 12.5 Å². The molecule has 0 aliphatic carbocycles. The summed E-state index contributed by atoms with van der Waals surface area (Å²) in [5.41, 5.74) is 2.88. The maximum Gasteiger partial charge on any atom is 0.317 e. The summed E-state index contributed by atoms with van der Waals surface area (Å²) in [4.78, 5) is 47.5. The number of hydrogen-bond donors (Lipinski definition) is 1. The number of nitrogens with one attached hydrogen (secondary N) is 1. The number of likely N-dealkylation sites (tertiary alicyclic amines) is 1. The van der Waals surface area contributed by atoms with Crippen LogP contribution in [0.4, 0.5) is 4.79 Å². The molecule has 5 rings (SSSR count). The lowest BCUT2D eigenvalue weighted by molar-refractivity contribution is -0.136. The van der Waals surface area contributed by atoms with Gasteiger partial charge in [-0.15, -0.1) is 11.8 Å². The Hall–Kier alpha value is -3.20. The molecular weight excluding hydrogens is 591 g/mol. The highest BCUT2D eigenvalue weighted by Gasteiger charge is 2.59. The maximum atomic E-state index is 14.8. The minimum Gasteiger partial charge on any atom is -0.338 e. The number of amides is 4. The Labute approximate surface area is 261 Å². The van der Waals surface area contributed by atoms with Crippen LogP contribution < -0.4 is 5.32 Å². The van der Waals surface area contributed by atoms with Gasteiger partial charge in [-0.05, 0) is 61.4 Å². The van der Waals surface area contributed by atoms with Gasteiger partial charge in [0.1, 0.15) is 4.75 Å². The normalized spacial score (nSPS) is 20.6. The van der Waals surface area contributed by atoms with Gasteiger partial charge < -0.3 is 20.0 Å². The van der Waals surface area contributed by atoms with Gasteiger partial charge in [-0.2, -0.15) is 0 Å². The van der Waals surface area contributed by atoms with E-state index in [0.717, 1.165) is 21.6 Å². The number of piperazine rings is 1. The zero-order chi connectivity index (χ0) is 29.9. The van der Waals surface area contributed by atoms with Crippen LogP contribution in [0.1, 0.15) is 36.1 Å². The molecule has 2 atom stereocenters. The molecule has 4 amide bonds. The summed E-state index contributed by atoms with van der Waals surface area (Å²) in [6.45, 7) is 6.42. The monoisotopic (exact) mass is 624 g/mol. The fourth-order valence-corrected chi connectivity index (χ4v) is 7.40. The lowest BCUT2D eigenvalue weighted by atomic mass is 9.90. The molecule has 2 aliphatic heterocycles. The Morgan fingerprint density at radius 2 is 1.45 bits per heavy atom. The summed E-state index contributed by atoms with van der Waals surface area (Å²) in [5.74, 6) is -0.200. The fraction of sp³-hybridized carbons (Fsp3) is 0.344. The number of carbonyl (C=O) groups is 3. The van der Waals surface area contributed by atoms with Crippen molar-refractivity contribution in [1.82, 2.24) is 20.0 Å². The van der Waals surface area contributed by atoms with E-state index >= 15 is 0 Å². The largest absolute Gasteiger partial charge is 0.338 e. The second-order valence-electron chi connectivity index (χ2n) is 10.7. The topological polar surface area (TPSA) is 73.0 Å². The Balaban J connectivity index is 1.56. The molecule has 0 aromatic heterocycles. The number of halogens is 2. The van der Waals surface area contributed by atoms with Gasteiger partial charge in [-0.1, -0.05) is 65.2 Å². The Bertz CT molecular complexity index is 1430. The first-order chi connectivity index (χ1) is 20.2. The molecule has 2 saturated heterocycles. The SMILES string of the molecule is CCNC(=O)N1CCN(C(=O)C2(Sc3ccc(C)cc3)CC(=O)N(Cc3ccc(Cl)cc3)C2c2ccc(Cl)cc2)CC1. The van der Waals surface area contributed by atoms with Gasteiger partial charge in [-0.3, -0.25) is 9.59 Å². The van der Waals surface area contributed by atoms with Crippen LogP contribution in [0.2, 0.25) is 10.0 Å². The van der Waals surface area contributed by atoms with Gasteiger partial charge in [-0.25, -0.2) is 4.79 Å². The molecule has 2 fully saturated rings. The van der Waals surface area contributed by atoms with E-state index in [1.807, 2.05) is 84.3 Å². The predicted molar refractivity (Wildman–Crippen MR) is 168 cm³/mol. The molecule has 3 aromatic rings. The molecule has 2 heterocycles. The smallest absolute Gasteiger partial charge is 0.317 e. The Morgan fingerprint density at radius 3 is 2.05 bits per heavy atom. The third kappa shape index (κ3) is 6.41. The van der Waals surface area contributed by atoms with Crippen LogP contribution in [-0.2, 0) is 16.1 Å². The van der Waals surface area contributed by atoms with Crippen LogP contribution in [0.25, 0.3) is 0 Å². The highest BCUT2D eigenvalue weighted by Crippen LogP contribution is 2.54. The molecule has 0 bridgehead atoms. The first-order valence-corrected chi connectivity index (χ1v) is 15.6. The highest BCUT2D eigenvalue weighted by atomic mass is 35.5. The molecule has 220 valence electrons. The van der Waals surface area contributed by atoms with E-state index < -0.39 is 10.8 Å². The summed E-state index contributed by atoms with van der Waals surface area (Å²) < 4.78 is -1.14. The number of urea groups is 1. The van der Waals surface area contributed by atoms with Crippen LogP contribution in [0, 0.1) is 6.92 Å². The average molecular weight is 626 g/mol. The number of benzene rings is 3. The summed E-state index contributed by atoms with van der Waals surface area (Å²) >= 11 is 13.9. The molecule has 2 aliphatic rings. The molecule has 3 aromatic carbocycles. The van der Waals surface area contributed by atoms with Gasteiger partial charge in [0.15, 0.2) is 0 Å². The zero-order valence-electron chi connectivity index (χ0n) is 23.7. The Kier molecular flexibility index (Phi) is 9.35. The molecule has 0 radical (unpaired) electrons. The third-order valence-electron chi connectivity index (χ3n) is 7.80. The molecule has 1 N–H and O–H groups in total. The first-order valence-electron chi connectivity index (χ1n) is 14.1. The van der Waals surface area contributed by atoms with E-state index in [1.165, 1.54) is 11.8 Å². The molecule has 0 spiro atoms. The summed E-state index contributed by atoms with van der Waals surface area (Å²) in [6.07, 6.45) is 0.0434. The van der Waals surface area contributed by atoms with Gasteiger partial charge in [0.2, 0.25) is 11.8 Å². The predicted octanol–water partition coefficient (Wildman–Crippen LogP) is 6.18. The van der Waals surface area contributed by atoms with Crippen molar-refractivity contribution < 1.29 is 14.4 Å². The summed E-state index contributed by atoms with van der Waals surface area (Å²) in [7, 11) is 0. The van der Waals surface area contributed by atoms with Gasteiger partial charge in [0.25, 0.3) is 0 Å². The van der Waals surface area contributed by atoms with Crippen LogP contribution >= 0.6 is 35.0 Å². The molecule has 42 heavy (non-hydrogen) atoms. The van der Waals surface area contributed by atoms with Crippen molar-refractivity contribution in [3.63, 3.8) is 0 Å². The molecule has 0 saturated carbocycles. The van der Waals surface area contributed by atoms with Crippen molar-refractivity contribution in [3.05, 3.63) is 99.5 Å². The van der Waals surface area contributed by atoms with Crippen molar-refractivity contribution in [2.45, 2.75) is 42.5 Å². The number of carbonyl (C=O) groups excluding carboxylic acids is 3. The minimum absolute atomic E-state index is 0.0434. The highest BCUT2D eigenvalue weighted by molar-refractivity contribution is 8.01. The third-order valence-corrected chi connectivity index (χ3v) is 9.72. The van der Waals surface area contributed by atoms with Crippen molar-refractivity contribution in [2.24, 2.45) is 0 Å². The quantitative estimate of drug-likeness (QED) is 0.341. The van der Waals surface area contributed by atoms with E-state index in [1.54, 1.807) is 17.0 Å².